The van der Waals surface area contributed by atoms with Gasteiger partial charge < -0.3 is 5.41 Å². The Morgan fingerprint density at radius 2 is 1.90 bits per heavy atom. The highest BCUT2D eigenvalue weighted by molar-refractivity contribution is 5.84. The minimum atomic E-state index is 1.00. The molecule has 0 amide bonds. The van der Waals surface area contributed by atoms with E-state index >= 15 is 0 Å². The summed E-state index contributed by atoms with van der Waals surface area (Å²) in [6, 6.07) is 0. The zero-order chi connectivity index (χ0) is 7.40. The zero-order valence-corrected chi connectivity index (χ0v) is 5.93. The Kier molecular flexibility index (Phi) is 2.21. The van der Waals surface area contributed by atoms with E-state index < -0.39 is 0 Å². The number of nitrogens with one attached hydrogen (secondary N) is 1. The molecule has 0 saturated carbocycles. The maximum absolute atomic E-state index is 7.05. The number of hydrogen-bond donors (Lipinski definition) is 1. The first-order valence-corrected chi connectivity index (χ1v) is 3.42. The van der Waals surface area contributed by atoms with Crippen molar-refractivity contribution in [1.82, 2.24) is 0 Å². The molecule has 1 N–H and O–H groups in total. The summed E-state index contributed by atoms with van der Waals surface area (Å²) in [4.78, 5) is 0. The Balaban J connectivity index is 2.86. The first kappa shape index (κ1) is 7.00. The van der Waals surface area contributed by atoms with Gasteiger partial charge in [0.1, 0.15) is 0 Å². The molecule has 52 valence electrons. The third-order valence-corrected chi connectivity index (χ3v) is 1.60. The Hall–Kier alpha value is -1.11. The molecule has 1 aliphatic carbocycles. The van der Waals surface area contributed by atoms with Crippen LogP contribution in [0.4, 0.5) is 0 Å². The van der Waals surface area contributed by atoms with Gasteiger partial charge in [-0.1, -0.05) is 24.8 Å². The average Bonchev–Trinajstić information content (AvgIpc) is 2.04. The van der Waals surface area contributed by atoms with E-state index in [-0.39, 0.29) is 0 Å². The zero-order valence-electron chi connectivity index (χ0n) is 5.93. The minimum absolute atomic E-state index is 1.00. The van der Waals surface area contributed by atoms with Gasteiger partial charge in [0.05, 0.1) is 0 Å². The lowest BCUT2D eigenvalue weighted by Crippen LogP contribution is -1.92. The van der Waals surface area contributed by atoms with Crippen LogP contribution in [0.25, 0.3) is 0 Å². The molecule has 0 aromatic carbocycles. The molecular formula is C9H11N. The molecule has 0 spiro atoms. The second-order valence-electron chi connectivity index (χ2n) is 2.24. The van der Waals surface area contributed by atoms with Crippen LogP contribution < -0.4 is 0 Å². The fourth-order valence-electron chi connectivity index (χ4n) is 1.06. The van der Waals surface area contributed by atoms with Crippen LogP contribution in [0, 0.1) is 5.41 Å². The smallest absolute Gasteiger partial charge is 0.0253 e. The van der Waals surface area contributed by atoms with E-state index in [0.29, 0.717) is 0 Å². The van der Waals surface area contributed by atoms with Crippen molar-refractivity contribution >= 4 is 6.21 Å². The minimum Gasteiger partial charge on any atom is -0.308 e. The van der Waals surface area contributed by atoms with Crippen LogP contribution in [-0.4, -0.2) is 6.21 Å². The fraction of sp³-hybridized carbons (Fsp3) is 0.222. The number of allylic oxidation sites excluding steroid dienone is 5. The summed E-state index contributed by atoms with van der Waals surface area (Å²) < 4.78 is 0. The largest absolute Gasteiger partial charge is 0.308 e. The second kappa shape index (κ2) is 3.16. The summed E-state index contributed by atoms with van der Waals surface area (Å²) in [6.07, 6.45) is 9.51. The molecule has 0 saturated heterocycles. The van der Waals surface area contributed by atoms with E-state index in [1.807, 2.05) is 0 Å². The van der Waals surface area contributed by atoms with Gasteiger partial charge in [0.15, 0.2) is 0 Å². The lowest BCUT2D eigenvalue weighted by atomic mass is 9.99. The Labute approximate surface area is 61.3 Å². The Morgan fingerprint density at radius 1 is 1.30 bits per heavy atom. The quantitative estimate of drug-likeness (QED) is 0.559. The van der Waals surface area contributed by atoms with E-state index in [9.17, 15) is 0 Å². The molecule has 10 heavy (non-hydrogen) atoms. The monoisotopic (exact) mass is 133 g/mol. The van der Waals surface area contributed by atoms with Gasteiger partial charge in [-0.05, 0) is 24.0 Å². The standard InChI is InChI=1S/C9H11N/c1-2-8-5-3-4-6-9(8)7-10/h2,5-7,10H,1,3-4H2. The molecule has 0 radical (unpaired) electrons. The topological polar surface area (TPSA) is 23.9 Å². The van der Waals surface area contributed by atoms with Crippen LogP contribution in [0.3, 0.4) is 0 Å². The highest BCUT2D eigenvalue weighted by Crippen LogP contribution is 2.16. The van der Waals surface area contributed by atoms with Gasteiger partial charge in [0.25, 0.3) is 0 Å². The summed E-state index contributed by atoms with van der Waals surface area (Å²) in [7, 11) is 0. The third kappa shape index (κ3) is 1.24. The van der Waals surface area contributed by atoms with Gasteiger partial charge in [-0.2, -0.15) is 0 Å². The summed E-state index contributed by atoms with van der Waals surface area (Å²) in [5.41, 5.74) is 2.10. The van der Waals surface area contributed by atoms with Crippen LogP contribution in [0.15, 0.2) is 36.0 Å². The lowest BCUT2D eigenvalue weighted by Gasteiger charge is -2.06. The van der Waals surface area contributed by atoms with E-state index in [4.69, 9.17) is 5.41 Å². The maximum Gasteiger partial charge on any atom is 0.0253 e. The summed E-state index contributed by atoms with van der Waals surface area (Å²) in [5.74, 6) is 0. The highest BCUT2D eigenvalue weighted by atomic mass is 14.3. The SMILES string of the molecule is C=CC1=CCCC=C1C=N. The molecular weight excluding hydrogens is 122 g/mol. The average molecular weight is 133 g/mol. The summed E-state index contributed by atoms with van der Waals surface area (Å²) >= 11 is 0. The molecule has 0 atom stereocenters. The van der Waals surface area contributed by atoms with Gasteiger partial charge in [-0.3, -0.25) is 0 Å². The van der Waals surface area contributed by atoms with E-state index in [2.05, 4.69) is 18.7 Å². The van der Waals surface area contributed by atoms with Crippen LogP contribution in [0.5, 0.6) is 0 Å². The van der Waals surface area contributed by atoms with Gasteiger partial charge in [-0.25, -0.2) is 0 Å². The van der Waals surface area contributed by atoms with Gasteiger partial charge in [-0.15, -0.1) is 0 Å². The summed E-state index contributed by atoms with van der Waals surface area (Å²) in [6.45, 7) is 3.67. The van der Waals surface area contributed by atoms with Crippen molar-refractivity contribution in [3.8, 4) is 0 Å². The maximum atomic E-state index is 7.05. The number of hydrogen-bond acceptors (Lipinski definition) is 1. The molecule has 0 fully saturated rings. The molecule has 1 heteroatoms. The van der Waals surface area contributed by atoms with Crippen molar-refractivity contribution in [2.45, 2.75) is 12.8 Å². The predicted molar refractivity (Wildman–Crippen MR) is 44.4 cm³/mol. The highest BCUT2D eigenvalue weighted by Gasteiger charge is 2.00. The van der Waals surface area contributed by atoms with Crippen LogP contribution in [-0.2, 0) is 0 Å². The Bertz CT molecular complexity index is 185. The van der Waals surface area contributed by atoms with E-state index in [1.165, 1.54) is 6.21 Å². The summed E-state index contributed by atoms with van der Waals surface area (Å²) in [5, 5.41) is 7.05. The molecule has 1 rings (SSSR count). The first-order chi connectivity index (χ1) is 4.88. The van der Waals surface area contributed by atoms with E-state index in [0.717, 1.165) is 24.0 Å². The normalized spacial score (nSPS) is 17.2. The van der Waals surface area contributed by atoms with E-state index in [1.54, 1.807) is 6.08 Å². The molecule has 0 bridgehead atoms. The van der Waals surface area contributed by atoms with Crippen molar-refractivity contribution in [2.24, 2.45) is 0 Å². The molecule has 1 nitrogen and oxygen atoms in total. The fourth-order valence-corrected chi connectivity index (χ4v) is 1.06. The van der Waals surface area contributed by atoms with Crippen molar-refractivity contribution in [2.75, 3.05) is 0 Å². The molecule has 0 aromatic rings. The Morgan fingerprint density at radius 3 is 2.30 bits per heavy atom. The van der Waals surface area contributed by atoms with Gasteiger partial charge in [0.2, 0.25) is 0 Å². The van der Waals surface area contributed by atoms with Crippen molar-refractivity contribution in [1.29, 1.82) is 5.41 Å². The molecule has 0 unspecified atom stereocenters. The number of rotatable bonds is 2. The molecule has 0 aromatic heterocycles. The third-order valence-electron chi connectivity index (χ3n) is 1.60. The second-order valence-corrected chi connectivity index (χ2v) is 2.24. The van der Waals surface area contributed by atoms with Crippen LogP contribution >= 0.6 is 0 Å². The van der Waals surface area contributed by atoms with Gasteiger partial charge >= 0.3 is 0 Å². The van der Waals surface area contributed by atoms with Crippen molar-refractivity contribution in [3.63, 3.8) is 0 Å². The lowest BCUT2D eigenvalue weighted by molar-refractivity contribution is 1.02. The first-order valence-electron chi connectivity index (χ1n) is 3.42. The van der Waals surface area contributed by atoms with Crippen LogP contribution in [0.1, 0.15) is 12.8 Å². The molecule has 0 heterocycles. The van der Waals surface area contributed by atoms with Crippen molar-refractivity contribution < 1.29 is 0 Å². The molecule has 0 aliphatic heterocycles. The molecule has 1 aliphatic rings. The van der Waals surface area contributed by atoms with Crippen molar-refractivity contribution in [3.05, 3.63) is 36.0 Å². The van der Waals surface area contributed by atoms with Gasteiger partial charge in [0, 0.05) is 6.21 Å². The predicted octanol–water partition coefficient (Wildman–Crippen LogP) is 2.47. The van der Waals surface area contributed by atoms with Crippen LogP contribution in [0.2, 0.25) is 0 Å².